The Kier molecular flexibility index (Phi) is 7.73. The highest BCUT2D eigenvalue weighted by molar-refractivity contribution is 5.94. The van der Waals surface area contributed by atoms with Gasteiger partial charge in [0.15, 0.2) is 5.96 Å². The zero-order valence-electron chi connectivity index (χ0n) is 15.2. The van der Waals surface area contributed by atoms with Gasteiger partial charge < -0.3 is 21.1 Å². The number of aliphatic hydroxyl groups is 1. The fourth-order valence-electron chi connectivity index (χ4n) is 2.96. The van der Waals surface area contributed by atoms with Crippen molar-refractivity contribution in [3.63, 3.8) is 0 Å². The largest absolute Gasteiger partial charge is 0.393 e. The van der Waals surface area contributed by atoms with Crippen molar-refractivity contribution in [1.82, 2.24) is 16.0 Å². The van der Waals surface area contributed by atoms with Crippen molar-refractivity contribution < 1.29 is 9.90 Å². The number of carbonyl (C=O) groups is 1. The van der Waals surface area contributed by atoms with Gasteiger partial charge >= 0.3 is 0 Å². The molecule has 1 aromatic carbocycles. The van der Waals surface area contributed by atoms with Crippen LogP contribution in [0.4, 0.5) is 0 Å². The van der Waals surface area contributed by atoms with Gasteiger partial charge in [-0.3, -0.25) is 9.79 Å². The Labute approximate surface area is 150 Å². The van der Waals surface area contributed by atoms with Crippen LogP contribution in [0.5, 0.6) is 0 Å². The molecule has 25 heavy (non-hydrogen) atoms. The molecule has 1 saturated carbocycles. The van der Waals surface area contributed by atoms with Crippen molar-refractivity contribution in [3.8, 4) is 0 Å². The number of nitrogens with zero attached hydrogens (tertiary/aromatic N) is 1. The summed E-state index contributed by atoms with van der Waals surface area (Å²) in [4.78, 5) is 16.6. The van der Waals surface area contributed by atoms with Gasteiger partial charge in [-0.05, 0) is 51.7 Å². The molecule has 138 valence electrons. The number of carbonyl (C=O) groups excluding carboxylic acids is 1. The number of aliphatic imine (C=N–C) groups is 1. The first-order chi connectivity index (χ1) is 12.1. The Morgan fingerprint density at radius 2 is 2.00 bits per heavy atom. The zero-order chi connectivity index (χ0) is 18.1. The lowest BCUT2D eigenvalue weighted by molar-refractivity contribution is 0.0954. The Balaban J connectivity index is 1.77. The first-order valence-corrected chi connectivity index (χ1v) is 9.16. The molecule has 1 aromatic rings. The van der Waals surface area contributed by atoms with Crippen molar-refractivity contribution in [3.05, 3.63) is 35.4 Å². The fraction of sp³-hybridized carbons (Fsp3) is 0.579. The Morgan fingerprint density at radius 3 is 2.68 bits per heavy atom. The predicted molar refractivity (Wildman–Crippen MR) is 101 cm³/mol. The van der Waals surface area contributed by atoms with Gasteiger partial charge in [0.25, 0.3) is 5.91 Å². The van der Waals surface area contributed by atoms with Crippen molar-refractivity contribution >= 4 is 11.9 Å². The van der Waals surface area contributed by atoms with Crippen LogP contribution in [0, 0.1) is 6.92 Å². The molecule has 0 radical (unpaired) electrons. The summed E-state index contributed by atoms with van der Waals surface area (Å²) in [6.07, 6.45) is 3.42. The fourth-order valence-corrected chi connectivity index (χ4v) is 2.96. The summed E-state index contributed by atoms with van der Waals surface area (Å²) in [7, 11) is 0. The zero-order valence-corrected chi connectivity index (χ0v) is 15.2. The van der Waals surface area contributed by atoms with Crippen LogP contribution in [-0.2, 0) is 0 Å². The number of aryl methyl sites for hydroxylation is 1. The molecule has 0 heterocycles. The molecule has 1 amide bonds. The first kappa shape index (κ1) is 19.2. The number of nitrogens with one attached hydrogen (secondary N) is 3. The van der Waals surface area contributed by atoms with Gasteiger partial charge in [0, 0.05) is 24.7 Å². The van der Waals surface area contributed by atoms with E-state index in [9.17, 15) is 9.90 Å². The van der Waals surface area contributed by atoms with Crippen molar-refractivity contribution in [2.24, 2.45) is 4.99 Å². The Hall–Kier alpha value is -2.08. The third kappa shape index (κ3) is 6.74. The van der Waals surface area contributed by atoms with Crippen LogP contribution in [0.1, 0.15) is 48.5 Å². The van der Waals surface area contributed by atoms with E-state index >= 15 is 0 Å². The highest BCUT2D eigenvalue weighted by Crippen LogP contribution is 2.18. The van der Waals surface area contributed by atoms with Crippen LogP contribution in [0.25, 0.3) is 0 Å². The van der Waals surface area contributed by atoms with E-state index in [4.69, 9.17) is 0 Å². The maximum atomic E-state index is 12.1. The molecule has 4 N–H and O–H groups in total. The molecule has 2 rings (SSSR count). The minimum atomic E-state index is -0.158. The smallest absolute Gasteiger partial charge is 0.251 e. The monoisotopic (exact) mass is 346 g/mol. The summed E-state index contributed by atoms with van der Waals surface area (Å²) in [5.74, 6) is 0.701. The van der Waals surface area contributed by atoms with Crippen molar-refractivity contribution in [1.29, 1.82) is 0 Å². The van der Waals surface area contributed by atoms with Gasteiger partial charge in [0.2, 0.25) is 0 Å². The number of guanidine groups is 1. The van der Waals surface area contributed by atoms with E-state index in [1.165, 1.54) is 0 Å². The third-order valence-electron chi connectivity index (χ3n) is 4.33. The number of aliphatic hydroxyl groups excluding tert-OH is 1. The third-order valence-corrected chi connectivity index (χ3v) is 4.33. The maximum Gasteiger partial charge on any atom is 0.251 e. The number of amides is 1. The van der Waals surface area contributed by atoms with E-state index in [-0.39, 0.29) is 12.0 Å². The van der Waals surface area contributed by atoms with Gasteiger partial charge in [0.1, 0.15) is 0 Å². The number of rotatable bonds is 6. The van der Waals surface area contributed by atoms with Crippen molar-refractivity contribution in [2.75, 3.05) is 19.6 Å². The summed E-state index contributed by atoms with van der Waals surface area (Å²) < 4.78 is 0. The van der Waals surface area contributed by atoms with Crippen LogP contribution in [0.3, 0.4) is 0 Å². The molecule has 0 aromatic heterocycles. The van der Waals surface area contributed by atoms with Crippen molar-refractivity contribution in [2.45, 2.75) is 51.7 Å². The molecule has 1 fully saturated rings. The van der Waals surface area contributed by atoms with Gasteiger partial charge in [0.05, 0.1) is 12.6 Å². The van der Waals surface area contributed by atoms with E-state index in [0.717, 1.165) is 43.8 Å². The maximum absolute atomic E-state index is 12.1. The van der Waals surface area contributed by atoms with Gasteiger partial charge in [-0.2, -0.15) is 0 Å². The van der Waals surface area contributed by atoms with Gasteiger partial charge in [-0.15, -0.1) is 0 Å². The van der Waals surface area contributed by atoms with Crippen LogP contribution in [0.15, 0.2) is 29.3 Å². The van der Waals surface area contributed by atoms with Crippen LogP contribution < -0.4 is 16.0 Å². The molecule has 0 atom stereocenters. The molecule has 6 heteroatoms. The molecule has 1 aliphatic rings. The van der Waals surface area contributed by atoms with Crippen LogP contribution in [-0.4, -0.2) is 48.8 Å². The van der Waals surface area contributed by atoms with E-state index in [1.807, 2.05) is 38.1 Å². The lowest BCUT2D eigenvalue weighted by Crippen LogP contribution is -2.45. The highest BCUT2D eigenvalue weighted by Gasteiger charge is 2.19. The SMILES string of the molecule is CCNC(=NCCNC(=O)c1cccc(C)c1)NC1CCC(O)CC1. The van der Waals surface area contributed by atoms with E-state index in [1.54, 1.807) is 0 Å². The summed E-state index contributed by atoms with van der Waals surface area (Å²) in [5, 5.41) is 19.1. The highest BCUT2D eigenvalue weighted by atomic mass is 16.3. The Bertz CT molecular complexity index is 581. The van der Waals surface area contributed by atoms with Crippen LogP contribution in [0.2, 0.25) is 0 Å². The lowest BCUT2D eigenvalue weighted by Gasteiger charge is -2.27. The van der Waals surface area contributed by atoms with E-state index in [0.29, 0.717) is 24.7 Å². The summed E-state index contributed by atoms with van der Waals surface area (Å²) in [6.45, 7) is 5.80. The quantitative estimate of drug-likeness (QED) is 0.358. The summed E-state index contributed by atoms with van der Waals surface area (Å²) >= 11 is 0. The average molecular weight is 346 g/mol. The summed E-state index contributed by atoms with van der Waals surface area (Å²) in [6, 6.07) is 7.90. The number of hydrogen-bond donors (Lipinski definition) is 4. The minimum absolute atomic E-state index is 0.0712. The van der Waals surface area contributed by atoms with Gasteiger partial charge in [-0.25, -0.2) is 0 Å². The lowest BCUT2D eigenvalue weighted by atomic mass is 9.93. The number of benzene rings is 1. The van der Waals surface area contributed by atoms with Crippen LogP contribution >= 0.6 is 0 Å². The molecule has 0 spiro atoms. The second-order valence-corrected chi connectivity index (χ2v) is 6.54. The standard InChI is InChI=1S/C19H30N4O2/c1-3-20-19(23-16-7-9-17(24)10-8-16)22-12-11-21-18(25)15-6-4-5-14(2)13-15/h4-6,13,16-17,24H,3,7-12H2,1-2H3,(H,21,25)(H2,20,22,23). The molecule has 1 aliphatic carbocycles. The molecular formula is C19H30N4O2. The molecule has 0 unspecified atom stereocenters. The van der Waals surface area contributed by atoms with E-state index in [2.05, 4.69) is 20.9 Å². The van der Waals surface area contributed by atoms with E-state index < -0.39 is 0 Å². The minimum Gasteiger partial charge on any atom is -0.393 e. The molecular weight excluding hydrogens is 316 g/mol. The molecule has 6 nitrogen and oxygen atoms in total. The normalized spacial score (nSPS) is 20.8. The number of hydrogen-bond acceptors (Lipinski definition) is 3. The predicted octanol–water partition coefficient (Wildman–Crippen LogP) is 1.58. The second-order valence-electron chi connectivity index (χ2n) is 6.54. The topological polar surface area (TPSA) is 85.8 Å². The first-order valence-electron chi connectivity index (χ1n) is 9.16. The molecule has 0 aliphatic heterocycles. The molecule has 0 bridgehead atoms. The molecule has 0 saturated heterocycles. The second kappa shape index (κ2) is 10.0. The Morgan fingerprint density at radius 1 is 1.24 bits per heavy atom. The van der Waals surface area contributed by atoms with Gasteiger partial charge in [-0.1, -0.05) is 17.7 Å². The summed E-state index contributed by atoms with van der Waals surface area (Å²) in [5.41, 5.74) is 1.75. The average Bonchev–Trinajstić information content (AvgIpc) is 2.60.